The fourth-order valence-electron chi connectivity index (χ4n) is 6.04. The average molecular weight is 439 g/mol. The van der Waals surface area contributed by atoms with Gasteiger partial charge in [0, 0.05) is 0 Å². The molecule has 160 valence electrons. The topological polar surface area (TPSA) is 0 Å². The Kier molecular flexibility index (Phi) is 5.85. The Morgan fingerprint density at radius 3 is 0.879 bits per heavy atom. The summed E-state index contributed by atoms with van der Waals surface area (Å²) in [6.45, 7) is 2.57. The zero-order valence-electron chi connectivity index (χ0n) is 19.0. The van der Waals surface area contributed by atoms with Crippen molar-refractivity contribution in [1.29, 1.82) is 0 Å². The summed E-state index contributed by atoms with van der Waals surface area (Å²) in [5, 5.41) is 2.90. The van der Waals surface area contributed by atoms with Gasteiger partial charge in [0.25, 0.3) is 0 Å². The largest absolute Gasteiger partial charge is 0.201 e. The minimum Gasteiger partial charge on any atom is -0.201 e. The second kappa shape index (κ2) is 9.09. The molecule has 33 heavy (non-hydrogen) atoms. The van der Waals surface area contributed by atoms with Gasteiger partial charge in [0.1, 0.15) is 0 Å². The van der Waals surface area contributed by atoms with Crippen molar-refractivity contribution in [2.24, 2.45) is 0 Å². The fraction of sp³-hybridized carbons (Fsp3) is 0.0323. The first-order valence-electron chi connectivity index (χ1n) is 11.7. The Labute approximate surface area is 198 Å². The number of hydrogen-bond donors (Lipinski definition) is 0. The van der Waals surface area contributed by atoms with Crippen molar-refractivity contribution < 1.29 is 0 Å². The predicted molar refractivity (Wildman–Crippen MR) is 148 cm³/mol. The lowest BCUT2D eigenvalue weighted by Crippen LogP contribution is -2.89. The van der Waals surface area contributed by atoms with Gasteiger partial charge in [0.05, 0.1) is 5.74 Å². The molecule has 5 aromatic rings. The Balaban J connectivity index is 2.01. The van der Waals surface area contributed by atoms with Crippen LogP contribution in [0.2, 0.25) is 6.55 Å². The number of rotatable bonds is 6. The molecule has 0 fully saturated rings. The third kappa shape index (κ3) is 3.48. The summed E-state index contributed by atoms with van der Waals surface area (Å²) < 4.78 is 0. The standard InChI is InChI=1S/C31H28BSi/c1-33(30-23-13-5-14-24-30,31-25-15-6-16-26-31)32(27-17-7-2-8-18-27,28-19-9-3-10-20-28)29-21-11-4-12-22-29/h2-26H,1H3/q-1. The van der Waals surface area contributed by atoms with E-state index in [0.29, 0.717) is 0 Å². The van der Waals surface area contributed by atoms with Gasteiger partial charge in [0.15, 0.2) is 0 Å². The summed E-state index contributed by atoms with van der Waals surface area (Å²) in [6.07, 6.45) is 0. The van der Waals surface area contributed by atoms with E-state index in [0.717, 1.165) is 0 Å². The van der Waals surface area contributed by atoms with Crippen molar-refractivity contribution in [3.63, 3.8) is 0 Å². The second-order valence-corrected chi connectivity index (χ2v) is 13.5. The van der Waals surface area contributed by atoms with Gasteiger partial charge in [-0.15, -0.1) is 0 Å². The molecule has 0 saturated carbocycles. The molecule has 5 rings (SSSR count). The highest BCUT2D eigenvalue weighted by molar-refractivity contribution is 7.63. The van der Waals surface area contributed by atoms with Crippen molar-refractivity contribution in [2.75, 3.05) is 0 Å². The SMILES string of the molecule is C[Si](c1ccccc1)(c1ccccc1)[B-](c1ccccc1)(c1ccccc1)c1ccccc1. The van der Waals surface area contributed by atoms with Crippen LogP contribution in [0.3, 0.4) is 0 Å². The van der Waals surface area contributed by atoms with Crippen molar-refractivity contribution in [2.45, 2.75) is 6.55 Å². The van der Waals surface area contributed by atoms with Crippen molar-refractivity contribution in [1.82, 2.24) is 0 Å². The van der Waals surface area contributed by atoms with Crippen molar-refractivity contribution >= 4 is 40.4 Å². The zero-order valence-corrected chi connectivity index (χ0v) is 20.0. The molecule has 0 spiro atoms. The van der Waals surface area contributed by atoms with E-state index < -0.39 is 13.7 Å². The molecule has 0 N–H and O–H groups in total. The van der Waals surface area contributed by atoms with E-state index in [9.17, 15) is 0 Å². The minimum absolute atomic E-state index is 1.31. The molecule has 0 aliphatic heterocycles. The fourth-order valence-corrected chi connectivity index (χ4v) is 11.7. The molecular formula is C31H28BSi-. The Hall–Kier alpha value is -3.62. The summed E-state index contributed by atoms with van der Waals surface area (Å²) in [4.78, 5) is 0. The van der Waals surface area contributed by atoms with Crippen LogP contribution in [0.4, 0.5) is 0 Å². The first kappa shape index (κ1) is 21.2. The van der Waals surface area contributed by atoms with E-state index >= 15 is 0 Å². The Bertz CT molecular complexity index is 1150. The van der Waals surface area contributed by atoms with Crippen LogP contribution in [0.25, 0.3) is 0 Å². The molecule has 0 heterocycles. The van der Waals surface area contributed by atoms with Gasteiger partial charge in [-0.05, 0) is 7.94 Å². The maximum Gasteiger partial charge on any atom is 0.0926 e. The molecule has 0 nitrogen and oxygen atoms in total. The number of hydrogen-bond acceptors (Lipinski definition) is 0. The van der Waals surface area contributed by atoms with E-state index in [1.165, 1.54) is 26.8 Å². The van der Waals surface area contributed by atoms with Gasteiger partial charge in [-0.25, -0.2) is 16.4 Å². The summed E-state index contributed by atoms with van der Waals surface area (Å²) in [7, 11) is -2.44. The highest BCUT2D eigenvalue weighted by Crippen LogP contribution is 2.22. The third-order valence-corrected chi connectivity index (χ3v) is 13.3. The molecule has 0 aliphatic carbocycles. The Morgan fingerprint density at radius 1 is 0.364 bits per heavy atom. The molecule has 0 aromatic heterocycles. The average Bonchev–Trinajstić information content (AvgIpc) is 2.92. The molecule has 0 unspecified atom stereocenters. The van der Waals surface area contributed by atoms with Crippen LogP contribution < -0.4 is 26.8 Å². The van der Waals surface area contributed by atoms with Crippen LogP contribution in [-0.2, 0) is 0 Å². The van der Waals surface area contributed by atoms with Crippen molar-refractivity contribution in [3.8, 4) is 0 Å². The molecule has 0 radical (unpaired) electrons. The quantitative estimate of drug-likeness (QED) is 0.349. The maximum absolute atomic E-state index is 2.57. The maximum atomic E-state index is 2.57. The van der Waals surface area contributed by atoms with E-state index in [1.807, 2.05) is 0 Å². The van der Waals surface area contributed by atoms with Crippen LogP contribution in [0.15, 0.2) is 152 Å². The highest BCUT2D eigenvalue weighted by Gasteiger charge is 2.48. The van der Waals surface area contributed by atoms with E-state index in [2.05, 4.69) is 158 Å². The third-order valence-electron chi connectivity index (χ3n) is 7.51. The lowest BCUT2D eigenvalue weighted by atomic mass is 9.34. The minimum atomic E-state index is -2.44. The van der Waals surface area contributed by atoms with Crippen LogP contribution in [0.5, 0.6) is 0 Å². The molecule has 0 amide bonds. The van der Waals surface area contributed by atoms with E-state index in [-0.39, 0.29) is 0 Å². The lowest BCUT2D eigenvalue weighted by molar-refractivity contribution is 1.67. The first-order chi connectivity index (χ1) is 16.3. The van der Waals surface area contributed by atoms with Gasteiger partial charge in [-0.2, -0.15) is 0 Å². The van der Waals surface area contributed by atoms with Crippen LogP contribution in [0, 0.1) is 0 Å². The van der Waals surface area contributed by atoms with Gasteiger partial charge in [0.2, 0.25) is 0 Å². The molecule has 0 aliphatic rings. The molecule has 0 saturated heterocycles. The van der Waals surface area contributed by atoms with Crippen LogP contribution in [0.1, 0.15) is 0 Å². The van der Waals surface area contributed by atoms with E-state index in [4.69, 9.17) is 0 Å². The van der Waals surface area contributed by atoms with E-state index in [1.54, 1.807) is 0 Å². The molecule has 0 atom stereocenters. The molecule has 2 heteroatoms. The summed E-state index contributed by atoms with van der Waals surface area (Å²) in [6, 6.07) is 56.1. The first-order valence-corrected chi connectivity index (χ1v) is 14.3. The monoisotopic (exact) mass is 439 g/mol. The predicted octanol–water partition coefficient (Wildman–Crippen LogP) is 4.13. The number of benzene rings is 5. The van der Waals surface area contributed by atoms with Crippen molar-refractivity contribution in [3.05, 3.63) is 152 Å². The molecule has 0 bridgehead atoms. The smallest absolute Gasteiger partial charge is 0.0926 e. The summed E-state index contributed by atoms with van der Waals surface area (Å²) in [5.41, 5.74) is 2.89. The molecule has 5 aromatic carbocycles. The van der Waals surface area contributed by atoms with Gasteiger partial charge < -0.3 is 0 Å². The van der Waals surface area contributed by atoms with Gasteiger partial charge >= 0.3 is 0 Å². The summed E-state index contributed by atoms with van der Waals surface area (Å²) >= 11 is 0. The van der Waals surface area contributed by atoms with Crippen LogP contribution >= 0.6 is 0 Å². The van der Waals surface area contributed by atoms with Gasteiger partial charge in [-0.1, -0.05) is 169 Å². The summed E-state index contributed by atoms with van der Waals surface area (Å²) in [5.74, 6) is 0. The highest BCUT2D eigenvalue weighted by atomic mass is 28.3. The Morgan fingerprint density at radius 2 is 0.606 bits per heavy atom. The zero-order chi connectivity index (χ0) is 22.6. The van der Waals surface area contributed by atoms with Gasteiger partial charge in [-0.3, -0.25) is 0 Å². The van der Waals surface area contributed by atoms with Crippen LogP contribution in [-0.4, -0.2) is 13.7 Å². The lowest BCUT2D eigenvalue weighted by Gasteiger charge is -2.56. The normalized spacial score (nSPS) is 11.8. The second-order valence-electron chi connectivity index (χ2n) is 9.03. The molecular weight excluding hydrogens is 411 g/mol.